The molecule has 8 nitrogen and oxygen atoms in total. The Morgan fingerprint density at radius 2 is 1.79 bits per heavy atom. The van der Waals surface area contributed by atoms with Gasteiger partial charge in [0.15, 0.2) is 0 Å². The summed E-state index contributed by atoms with van der Waals surface area (Å²) in [5, 5.41) is 5.33. The summed E-state index contributed by atoms with van der Waals surface area (Å²) in [6.45, 7) is 6.03. The number of piperidine rings is 1. The lowest BCUT2D eigenvalue weighted by Crippen LogP contribution is -2.59. The van der Waals surface area contributed by atoms with Crippen LogP contribution in [0.3, 0.4) is 0 Å². The number of nitrogens with one attached hydrogen (secondary N) is 3. The Balaban J connectivity index is 2.00. The van der Waals surface area contributed by atoms with Gasteiger partial charge in [0.2, 0.25) is 15.9 Å². The normalized spacial score (nSPS) is 15.8. The molecule has 0 aliphatic carbocycles. The molecule has 0 saturated carbocycles. The smallest absolute Gasteiger partial charge is 0.341 e. The van der Waals surface area contributed by atoms with E-state index in [4.69, 9.17) is 0 Å². The first kappa shape index (κ1) is 28.4. The van der Waals surface area contributed by atoms with Crippen LogP contribution in [-0.4, -0.2) is 56.5 Å². The molecule has 13 heteroatoms. The maximum absolute atomic E-state index is 13.4. The monoisotopic (exact) mass is 570 g/mol. The minimum absolute atomic E-state index is 0.112. The van der Waals surface area contributed by atoms with Crippen LogP contribution >= 0.6 is 15.9 Å². The van der Waals surface area contributed by atoms with Gasteiger partial charge in [-0.15, -0.1) is 0 Å². The molecule has 0 unspecified atom stereocenters. The van der Waals surface area contributed by atoms with Crippen LogP contribution in [0.4, 0.5) is 18.0 Å². The lowest BCUT2D eigenvalue weighted by Gasteiger charge is -2.37. The summed E-state index contributed by atoms with van der Waals surface area (Å²) < 4.78 is 68.0. The first-order valence-electron chi connectivity index (χ1n) is 10.9. The van der Waals surface area contributed by atoms with Crippen molar-refractivity contribution in [1.82, 2.24) is 20.3 Å². The SMILES string of the molecule is CCCCNC(=O)NC(C)(C)C(=O)N1CCC(NS(=O)(=O)c2ccc(Br)cc2C(F)(F)F)CC1. The summed E-state index contributed by atoms with van der Waals surface area (Å²) in [6, 6.07) is 1.78. The number of alkyl halides is 3. The topological polar surface area (TPSA) is 108 Å². The molecule has 0 radical (unpaired) electrons. The van der Waals surface area contributed by atoms with E-state index in [0.717, 1.165) is 25.0 Å². The molecule has 2 rings (SSSR count). The third kappa shape index (κ3) is 7.57. The van der Waals surface area contributed by atoms with Gasteiger partial charge in [-0.3, -0.25) is 4.79 Å². The predicted molar refractivity (Wildman–Crippen MR) is 125 cm³/mol. The van der Waals surface area contributed by atoms with Crippen LogP contribution in [0.2, 0.25) is 0 Å². The van der Waals surface area contributed by atoms with E-state index in [9.17, 15) is 31.2 Å². The molecule has 1 aromatic rings. The van der Waals surface area contributed by atoms with Gasteiger partial charge in [0.05, 0.1) is 10.5 Å². The van der Waals surface area contributed by atoms with Crippen LogP contribution in [0.25, 0.3) is 0 Å². The van der Waals surface area contributed by atoms with Crippen LogP contribution in [0.1, 0.15) is 52.0 Å². The number of likely N-dealkylation sites (tertiary alicyclic amines) is 1. The molecular formula is C21H30BrF3N4O4S. The van der Waals surface area contributed by atoms with Gasteiger partial charge in [-0.05, 0) is 51.3 Å². The van der Waals surface area contributed by atoms with Crippen LogP contribution in [0.15, 0.2) is 27.6 Å². The molecule has 1 heterocycles. The fourth-order valence-corrected chi connectivity index (χ4v) is 5.47. The quantitative estimate of drug-likeness (QED) is 0.415. The summed E-state index contributed by atoms with van der Waals surface area (Å²) in [7, 11) is -4.44. The van der Waals surface area contributed by atoms with Gasteiger partial charge in [0.1, 0.15) is 5.54 Å². The van der Waals surface area contributed by atoms with Crippen molar-refractivity contribution >= 4 is 37.9 Å². The Labute approximate surface area is 206 Å². The fourth-order valence-electron chi connectivity index (χ4n) is 3.60. The largest absolute Gasteiger partial charge is 0.417 e. The van der Waals surface area contributed by atoms with Crippen molar-refractivity contribution in [3.8, 4) is 0 Å². The van der Waals surface area contributed by atoms with Crippen molar-refractivity contribution in [3.63, 3.8) is 0 Å². The number of unbranched alkanes of at least 4 members (excludes halogenated alkanes) is 1. The minimum atomic E-state index is -4.84. The number of halogens is 4. The van der Waals surface area contributed by atoms with E-state index in [1.54, 1.807) is 13.8 Å². The summed E-state index contributed by atoms with van der Waals surface area (Å²) in [4.78, 5) is 25.6. The molecule has 0 atom stereocenters. The van der Waals surface area contributed by atoms with Gasteiger partial charge in [0, 0.05) is 30.1 Å². The van der Waals surface area contributed by atoms with Crippen molar-refractivity contribution in [2.24, 2.45) is 0 Å². The van der Waals surface area contributed by atoms with Crippen molar-refractivity contribution in [2.45, 2.75) is 69.1 Å². The average molecular weight is 571 g/mol. The Morgan fingerprint density at radius 3 is 2.35 bits per heavy atom. The van der Waals surface area contributed by atoms with Crippen molar-refractivity contribution in [2.75, 3.05) is 19.6 Å². The number of urea groups is 1. The van der Waals surface area contributed by atoms with E-state index in [1.165, 1.54) is 11.0 Å². The number of rotatable bonds is 8. The summed E-state index contributed by atoms with van der Waals surface area (Å²) in [5.74, 6) is -0.327. The number of amides is 3. The van der Waals surface area contributed by atoms with Gasteiger partial charge >= 0.3 is 12.2 Å². The molecule has 1 saturated heterocycles. The molecular weight excluding hydrogens is 541 g/mol. The maximum atomic E-state index is 13.4. The van der Waals surface area contributed by atoms with Crippen LogP contribution < -0.4 is 15.4 Å². The number of benzene rings is 1. The van der Waals surface area contributed by atoms with E-state index in [-0.39, 0.29) is 36.3 Å². The number of nitrogens with zero attached hydrogens (tertiary/aromatic N) is 1. The summed E-state index contributed by atoms with van der Waals surface area (Å²) >= 11 is 2.94. The molecule has 0 spiro atoms. The zero-order chi connectivity index (χ0) is 25.7. The highest BCUT2D eigenvalue weighted by Gasteiger charge is 2.39. The van der Waals surface area contributed by atoms with Crippen molar-refractivity contribution < 1.29 is 31.2 Å². The van der Waals surface area contributed by atoms with Gasteiger partial charge in [0.25, 0.3) is 0 Å². The second-order valence-corrected chi connectivity index (χ2v) is 11.3. The Hall–Kier alpha value is -1.86. The molecule has 192 valence electrons. The van der Waals surface area contributed by atoms with Crippen LogP contribution in [0, 0.1) is 0 Å². The second kappa shape index (κ2) is 11.3. The highest BCUT2D eigenvalue weighted by atomic mass is 79.9. The van der Waals surface area contributed by atoms with Gasteiger partial charge < -0.3 is 15.5 Å². The van der Waals surface area contributed by atoms with Crippen LogP contribution in [-0.2, 0) is 21.0 Å². The molecule has 1 fully saturated rings. The first-order chi connectivity index (χ1) is 15.7. The van der Waals surface area contributed by atoms with Gasteiger partial charge in [-0.25, -0.2) is 17.9 Å². The van der Waals surface area contributed by atoms with E-state index >= 15 is 0 Å². The zero-order valence-electron chi connectivity index (χ0n) is 19.3. The number of carbonyl (C=O) groups is 2. The fraction of sp³-hybridized carbons (Fsp3) is 0.619. The number of hydrogen-bond donors (Lipinski definition) is 3. The summed E-state index contributed by atoms with van der Waals surface area (Å²) in [6.07, 6.45) is -2.66. The van der Waals surface area contributed by atoms with Gasteiger partial charge in [-0.1, -0.05) is 29.3 Å². The third-order valence-electron chi connectivity index (χ3n) is 5.42. The highest BCUT2D eigenvalue weighted by Crippen LogP contribution is 2.36. The number of carbonyl (C=O) groups excluding carboxylic acids is 2. The summed E-state index contributed by atoms with van der Waals surface area (Å²) in [5.41, 5.74) is -2.44. The number of hydrogen-bond acceptors (Lipinski definition) is 4. The molecule has 1 aromatic carbocycles. The Bertz CT molecular complexity index is 994. The molecule has 0 aromatic heterocycles. The van der Waals surface area contributed by atoms with E-state index in [2.05, 4.69) is 31.3 Å². The van der Waals surface area contributed by atoms with Crippen molar-refractivity contribution in [3.05, 3.63) is 28.2 Å². The third-order valence-corrected chi connectivity index (χ3v) is 7.49. The highest BCUT2D eigenvalue weighted by molar-refractivity contribution is 9.10. The number of sulfonamides is 1. The molecule has 34 heavy (non-hydrogen) atoms. The maximum Gasteiger partial charge on any atom is 0.417 e. The van der Waals surface area contributed by atoms with Crippen molar-refractivity contribution in [1.29, 1.82) is 0 Å². The molecule has 0 bridgehead atoms. The van der Waals surface area contributed by atoms with E-state index in [1.807, 2.05) is 6.92 Å². The Morgan fingerprint density at radius 1 is 1.18 bits per heavy atom. The lowest BCUT2D eigenvalue weighted by atomic mass is 9.99. The van der Waals surface area contributed by atoms with Crippen LogP contribution in [0.5, 0.6) is 0 Å². The van der Waals surface area contributed by atoms with E-state index in [0.29, 0.717) is 6.54 Å². The minimum Gasteiger partial charge on any atom is -0.341 e. The lowest BCUT2D eigenvalue weighted by molar-refractivity contribution is -0.140. The zero-order valence-corrected chi connectivity index (χ0v) is 21.7. The molecule has 1 aliphatic rings. The molecule has 3 amide bonds. The second-order valence-electron chi connectivity index (χ2n) is 8.69. The molecule has 1 aliphatic heterocycles. The Kier molecular flexibility index (Phi) is 9.39. The first-order valence-corrected chi connectivity index (χ1v) is 13.2. The average Bonchev–Trinajstić information content (AvgIpc) is 2.72. The van der Waals surface area contributed by atoms with Gasteiger partial charge in [-0.2, -0.15) is 13.2 Å². The van der Waals surface area contributed by atoms with E-state index < -0.39 is 44.3 Å². The standard InChI is InChI=1S/C21H30BrF3N4O4S/c1-4-5-10-26-19(31)27-20(2,3)18(30)29-11-8-15(9-12-29)28-34(32,33)17-7-6-14(22)13-16(17)21(23,24)25/h6-7,13,15,28H,4-5,8-12H2,1-3H3,(H2,26,27,31). The molecule has 3 N–H and O–H groups in total. The predicted octanol–water partition coefficient (Wildman–Crippen LogP) is 3.62.